The standard InChI is InChI=1S/C15H18FN5/c16-12-5-3-10(4-6-12)14-18-15(20-19-14)21-8-11-2-1-7-17-13(11)9-21/h3-6,11,13,17H,1-2,7-9H2,(H,18,19,20). The third-order valence-corrected chi connectivity index (χ3v) is 4.47. The molecule has 0 amide bonds. The van der Waals surface area contributed by atoms with Gasteiger partial charge in [-0.05, 0) is 49.6 Å². The fourth-order valence-corrected chi connectivity index (χ4v) is 3.34. The molecule has 5 nitrogen and oxygen atoms in total. The predicted octanol–water partition coefficient (Wildman–Crippen LogP) is 1.80. The van der Waals surface area contributed by atoms with Crippen molar-refractivity contribution in [2.24, 2.45) is 5.92 Å². The Labute approximate surface area is 122 Å². The summed E-state index contributed by atoms with van der Waals surface area (Å²) in [5.41, 5.74) is 0.852. The average molecular weight is 287 g/mol. The first-order chi connectivity index (χ1) is 10.3. The molecule has 2 fully saturated rings. The van der Waals surface area contributed by atoms with Crippen LogP contribution >= 0.6 is 0 Å². The van der Waals surface area contributed by atoms with E-state index in [1.54, 1.807) is 12.1 Å². The van der Waals surface area contributed by atoms with Crippen LogP contribution in [0.15, 0.2) is 24.3 Å². The van der Waals surface area contributed by atoms with Crippen LogP contribution in [0.1, 0.15) is 12.8 Å². The molecule has 2 N–H and O–H groups in total. The largest absolute Gasteiger partial charge is 0.338 e. The topological polar surface area (TPSA) is 56.8 Å². The van der Waals surface area contributed by atoms with Crippen molar-refractivity contribution in [3.8, 4) is 11.4 Å². The second-order valence-corrected chi connectivity index (χ2v) is 5.86. The van der Waals surface area contributed by atoms with Crippen LogP contribution in [0.3, 0.4) is 0 Å². The van der Waals surface area contributed by atoms with Gasteiger partial charge in [0.25, 0.3) is 0 Å². The third-order valence-electron chi connectivity index (χ3n) is 4.47. The van der Waals surface area contributed by atoms with E-state index in [2.05, 4.69) is 25.4 Å². The summed E-state index contributed by atoms with van der Waals surface area (Å²) < 4.78 is 13.0. The number of piperidine rings is 1. The molecule has 110 valence electrons. The van der Waals surface area contributed by atoms with Crippen LogP contribution in [0.25, 0.3) is 11.4 Å². The van der Waals surface area contributed by atoms with Crippen molar-refractivity contribution in [3.05, 3.63) is 30.1 Å². The summed E-state index contributed by atoms with van der Waals surface area (Å²) in [5, 5.41) is 10.9. The summed E-state index contributed by atoms with van der Waals surface area (Å²) in [7, 11) is 0. The van der Waals surface area contributed by atoms with Gasteiger partial charge >= 0.3 is 0 Å². The van der Waals surface area contributed by atoms with E-state index in [0.29, 0.717) is 17.8 Å². The molecular weight excluding hydrogens is 269 g/mol. The van der Waals surface area contributed by atoms with E-state index in [4.69, 9.17) is 0 Å². The van der Waals surface area contributed by atoms with Crippen LogP contribution in [0, 0.1) is 11.7 Å². The number of rotatable bonds is 2. The fraction of sp³-hybridized carbons (Fsp3) is 0.467. The lowest BCUT2D eigenvalue weighted by molar-refractivity contribution is 0.340. The quantitative estimate of drug-likeness (QED) is 0.884. The molecule has 2 unspecified atom stereocenters. The van der Waals surface area contributed by atoms with Gasteiger partial charge in [0.1, 0.15) is 5.82 Å². The maximum atomic E-state index is 13.0. The Morgan fingerprint density at radius 3 is 2.86 bits per heavy atom. The number of hydrogen-bond acceptors (Lipinski definition) is 4. The van der Waals surface area contributed by atoms with Gasteiger partial charge in [-0.3, -0.25) is 5.10 Å². The molecule has 0 saturated carbocycles. The van der Waals surface area contributed by atoms with Gasteiger partial charge < -0.3 is 10.2 Å². The molecule has 2 aliphatic rings. The van der Waals surface area contributed by atoms with Crippen LogP contribution in [0.2, 0.25) is 0 Å². The van der Waals surface area contributed by atoms with Gasteiger partial charge in [0.15, 0.2) is 5.82 Å². The van der Waals surface area contributed by atoms with E-state index in [0.717, 1.165) is 31.1 Å². The molecule has 2 atom stereocenters. The van der Waals surface area contributed by atoms with Gasteiger partial charge in [0, 0.05) is 24.7 Å². The monoisotopic (exact) mass is 287 g/mol. The van der Waals surface area contributed by atoms with E-state index in [1.165, 1.54) is 25.0 Å². The maximum Gasteiger partial charge on any atom is 0.245 e. The van der Waals surface area contributed by atoms with Crippen LogP contribution in [-0.4, -0.2) is 40.9 Å². The lowest BCUT2D eigenvalue weighted by Crippen LogP contribution is -2.40. The summed E-state index contributed by atoms with van der Waals surface area (Å²) in [6.07, 6.45) is 2.53. The van der Waals surface area contributed by atoms with E-state index in [-0.39, 0.29) is 5.82 Å². The lowest BCUT2D eigenvalue weighted by Gasteiger charge is -2.24. The van der Waals surface area contributed by atoms with Crippen molar-refractivity contribution in [2.45, 2.75) is 18.9 Å². The van der Waals surface area contributed by atoms with E-state index < -0.39 is 0 Å². The van der Waals surface area contributed by atoms with Crippen molar-refractivity contribution in [1.29, 1.82) is 0 Å². The highest BCUT2D eigenvalue weighted by Crippen LogP contribution is 2.28. The Kier molecular flexibility index (Phi) is 3.11. The summed E-state index contributed by atoms with van der Waals surface area (Å²) in [5.74, 6) is 1.89. The highest BCUT2D eigenvalue weighted by Gasteiger charge is 2.35. The van der Waals surface area contributed by atoms with Crippen LogP contribution < -0.4 is 10.2 Å². The summed E-state index contributed by atoms with van der Waals surface area (Å²) in [4.78, 5) is 6.79. The summed E-state index contributed by atoms with van der Waals surface area (Å²) >= 11 is 0. The summed E-state index contributed by atoms with van der Waals surface area (Å²) in [6.45, 7) is 3.09. The molecule has 1 aromatic heterocycles. The second kappa shape index (κ2) is 5.11. The molecule has 4 rings (SSSR count). The molecule has 3 heterocycles. The number of halogens is 1. The van der Waals surface area contributed by atoms with Crippen molar-refractivity contribution < 1.29 is 4.39 Å². The Balaban J connectivity index is 1.53. The number of nitrogens with zero attached hydrogens (tertiary/aromatic N) is 3. The molecule has 6 heteroatoms. The molecule has 2 saturated heterocycles. The van der Waals surface area contributed by atoms with Gasteiger partial charge in [0.2, 0.25) is 5.95 Å². The molecule has 2 aliphatic heterocycles. The third kappa shape index (κ3) is 2.40. The molecule has 0 bridgehead atoms. The zero-order valence-electron chi connectivity index (χ0n) is 11.7. The highest BCUT2D eigenvalue weighted by atomic mass is 19.1. The van der Waals surface area contributed by atoms with Crippen LogP contribution in [0.4, 0.5) is 10.3 Å². The first-order valence-corrected chi connectivity index (χ1v) is 7.46. The number of hydrogen-bond donors (Lipinski definition) is 2. The minimum absolute atomic E-state index is 0.242. The lowest BCUT2D eigenvalue weighted by atomic mass is 9.94. The summed E-state index contributed by atoms with van der Waals surface area (Å²) in [6, 6.07) is 6.86. The normalized spacial score (nSPS) is 25.1. The molecule has 2 aromatic rings. The van der Waals surface area contributed by atoms with Crippen LogP contribution in [0.5, 0.6) is 0 Å². The van der Waals surface area contributed by atoms with Crippen molar-refractivity contribution in [3.63, 3.8) is 0 Å². The SMILES string of the molecule is Fc1ccc(-c2nc(N3CC4CCCNC4C3)n[nH]2)cc1. The Bertz CT molecular complexity index is 609. The maximum absolute atomic E-state index is 13.0. The highest BCUT2D eigenvalue weighted by molar-refractivity contribution is 5.56. The van der Waals surface area contributed by atoms with Crippen LogP contribution in [-0.2, 0) is 0 Å². The number of benzene rings is 1. The molecule has 0 aliphatic carbocycles. The average Bonchev–Trinajstić information content (AvgIpc) is 3.14. The van der Waals surface area contributed by atoms with Crippen molar-refractivity contribution >= 4 is 5.95 Å². The number of aromatic nitrogens is 3. The number of fused-ring (bicyclic) bond motifs is 1. The Morgan fingerprint density at radius 1 is 1.19 bits per heavy atom. The second-order valence-electron chi connectivity index (χ2n) is 5.86. The Hall–Kier alpha value is -1.95. The molecule has 21 heavy (non-hydrogen) atoms. The molecule has 1 aromatic carbocycles. The first kappa shape index (κ1) is 12.8. The van der Waals surface area contributed by atoms with Gasteiger partial charge in [-0.25, -0.2) is 4.39 Å². The zero-order chi connectivity index (χ0) is 14.2. The number of nitrogens with one attached hydrogen (secondary N) is 2. The minimum atomic E-state index is -0.242. The Morgan fingerprint density at radius 2 is 2.05 bits per heavy atom. The van der Waals surface area contributed by atoms with Crippen molar-refractivity contribution in [2.75, 3.05) is 24.5 Å². The van der Waals surface area contributed by atoms with E-state index in [9.17, 15) is 4.39 Å². The minimum Gasteiger partial charge on any atom is -0.338 e. The van der Waals surface area contributed by atoms with Gasteiger partial charge in [-0.1, -0.05) is 0 Å². The zero-order valence-corrected chi connectivity index (χ0v) is 11.7. The van der Waals surface area contributed by atoms with Crippen molar-refractivity contribution in [1.82, 2.24) is 20.5 Å². The smallest absolute Gasteiger partial charge is 0.245 e. The molecule has 0 spiro atoms. The molecular formula is C15H18FN5. The van der Waals surface area contributed by atoms with E-state index >= 15 is 0 Å². The fourth-order valence-electron chi connectivity index (χ4n) is 3.34. The van der Waals surface area contributed by atoms with Gasteiger partial charge in [-0.2, -0.15) is 4.98 Å². The number of anilines is 1. The van der Waals surface area contributed by atoms with E-state index in [1.807, 2.05) is 0 Å². The number of H-pyrrole nitrogens is 1. The number of aromatic amines is 1. The van der Waals surface area contributed by atoms with Gasteiger partial charge in [-0.15, -0.1) is 5.10 Å². The van der Waals surface area contributed by atoms with Gasteiger partial charge in [0.05, 0.1) is 0 Å². The first-order valence-electron chi connectivity index (χ1n) is 7.46. The molecule has 0 radical (unpaired) electrons. The predicted molar refractivity (Wildman–Crippen MR) is 78.5 cm³/mol.